The summed E-state index contributed by atoms with van der Waals surface area (Å²) in [5.74, 6) is 0.629. The van der Waals surface area contributed by atoms with Gasteiger partial charge < -0.3 is 9.47 Å². The van der Waals surface area contributed by atoms with Crippen LogP contribution in [0, 0.1) is 0 Å². The molecule has 0 heterocycles. The highest BCUT2D eigenvalue weighted by Gasteiger charge is 2.11. The Balaban J connectivity index is 1.48. The van der Waals surface area contributed by atoms with Gasteiger partial charge in [-0.25, -0.2) is 4.79 Å². The zero-order valence-electron chi connectivity index (χ0n) is 13.8. The number of carbonyl (C=O) groups excluding carboxylic acids is 1. The number of benzene rings is 4. The quantitative estimate of drug-likeness (QED) is 0.348. The van der Waals surface area contributed by atoms with Crippen molar-refractivity contribution >= 4 is 39.1 Å². The SMILES string of the molecule is O=C(COc1ccc2ccccc2c1)Oc1ccc(Cl)c2ccccc12. The molecular weight excluding hydrogens is 348 g/mol. The second kappa shape index (κ2) is 7.06. The summed E-state index contributed by atoms with van der Waals surface area (Å²) in [5.41, 5.74) is 0. The molecule has 128 valence electrons. The van der Waals surface area contributed by atoms with Gasteiger partial charge in [-0.15, -0.1) is 0 Å². The van der Waals surface area contributed by atoms with Crippen LogP contribution in [0.1, 0.15) is 0 Å². The van der Waals surface area contributed by atoms with Crippen molar-refractivity contribution in [3.63, 3.8) is 0 Å². The molecule has 3 nitrogen and oxygen atoms in total. The summed E-state index contributed by atoms with van der Waals surface area (Å²) in [7, 11) is 0. The fourth-order valence-electron chi connectivity index (χ4n) is 2.88. The maximum absolute atomic E-state index is 12.2. The molecular formula is C22H15ClO3. The van der Waals surface area contributed by atoms with E-state index in [1.165, 1.54) is 0 Å². The maximum Gasteiger partial charge on any atom is 0.349 e. The smallest absolute Gasteiger partial charge is 0.349 e. The molecule has 0 fully saturated rings. The molecule has 0 N–H and O–H groups in total. The third-order valence-corrected chi connectivity index (χ3v) is 4.46. The largest absolute Gasteiger partial charge is 0.482 e. The molecule has 0 aliphatic rings. The summed E-state index contributed by atoms with van der Waals surface area (Å²) in [6.07, 6.45) is 0. The number of rotatable bonds is 4. The van der Waals surface area contributed by atoms with Gasteiger partial charge in [0.15, 0.2) is 6.61 Å². The van der Waals surface area contributed by atoms with E-state index in [0.717, 1.165) is 21.5 Å². The summed E-state index contributed by atoms with van der Waals surface area (Å²) in [6.45, 7) is -0.171. The number of carbonyl (C=O) groups is 1. The van der Waals surface area contributed by atoms with Crippen LogP contribution < -0.4 is 9.47 Å². The summed E-state index contributed by atoms with van der Waals surface area (Å²) < 4.78 is 11.1. The van der Waals surface area contributed by atoms with E-state index in [2.05, 4.69) is 0 Å². The van der Waals surface area contributed by atoms with Crippen molar-refractivity contribution in [3.8, 4) is 11.5 Å². The highest BCUT2D eigenvalue weighted by atomic mass is 35.5. The molecule has 0 aliphatic carbocycles. The molecule has 0 atom stereocenters. The Morgan fingerprint density at radius 3 is 2.38 bits per heavy atom. The molecule has 0 saturated heterocycles. The molecule has 0 radical (unpaired) electrons. The van der Waals surface area contributed by atoms with Gasteiger partial charge in [-0.1, -0.05) is 66.2 Å². The first kappa shape index (κ1) is 16.4. The van der Waals surface area contributed by atoms with Crippen LogP contribution in [0.5, 0.6) is 11.5 Å². The highest BCUT2D eigenvalue weighted by molar-refractivity contribution is 6.35. The van der Waals surface area contributed by atoms with Crippen LogP contribution in [0.2, 0.25) is 5.02 Å². The Hall–Kier alpha value is -3.04. The minimum atomic E-state index is -0.467. The molecule has 0 amide bonds. The minimum Gasteiger partial charge on any atom is -0.482 e. The molecule has 0 spiro atoms. The first-order valence-electron chi connectivity index (χ1n) is 8.20. The molecule has 4 rings (SSSR count). The standard InChI is InChI=1S/C22H15ClO3/c23-20-11-12-21(19-8-4-3-7-18(19)20)26-22(24)14-25-17-10-9-15-5-1-2-6-16(15)13-17/h1-13H,14H2. The lowest BCUT2D eigenvalue weighted by molar-refractivity contribution is -0.136. The van der Waals surface area contributed by atoms with Crippen LogP contribution in [-0.4, -0.2) is 12.6 Å². The molecule has 26 heavy (non-hydrogen) atoms. The second-order valence-corrected chi connectivity index (χ2v) is 6.27. The molecule has 0 aromatic heterocycles. The van der Waals surface area contributed by atoms with E-state index in [-0.39, 0.29) is 6.61 Å². The Morgan fingerprint density at radius 2 is 1.54 bits per heavy atom. The van der Waals surface area contributed by atoms with Crippen LogP contribution in [0.4, 0.5) is 0 Å². The first-order chi connectivity index (χ1) is 12.7. The summed E-state index contributed by atoms with van der Waals surface area (Å²) >= 11 is 6.19. The lowest BCUT2D eigenvalue weighted by Crippen LogP contribution is -2.17. The van der Waals surface area contributed by atoms with Gasteiger partial charge in [-0.05, 0) is 35.0 Å². The van der Waals surface area contributed by atoms with Gasteiger partial charge in [-0.3, -0.25) is 0 Å². The lowest BCUT2D eigenvalue weighted by Gasteiger charge is -2.10. The maximum atomic E-state index is 12.2. The van der Waals surface area contributed by atoms with Crippen molar-refractivity contribution in [2.75, 3.05) is 6.61 Å². The van der Waals surface area contributed by atoms with Crippen LogP contribution in [0.3, 0.4) is 0 Å². The Bertz CT molecular complexity index is 1100. The summed E-state index contributed by atoms with van der Waals surface area (Å²) in [4.78, 5) is 12.2. The van der Waals surface area contributed by atoms with E-state index in [9.17, 15) is 4.79 Å². The molecule has 0 saturated carbocycles. The van der Waals surface area contributed by atoms with Crippen molar-refractivity contribution in [2.24, 2.45) is 0 Å². The molecule has 0 unspecified atom stereocenters. The number of hydrogen-bond donors (Lipinski definition) is 0. The average Bonchev–Trinajstić information content (AvgIpc) is 2.68. The first-order valence-corrected chi connectivity index (χ1v) is 8.58. The predicted molar refractivity (Wildman–Crippen MR) is 104 cm³/mol. The predicted octanol–water partition coefficient (Wildman–Crippen LogP) is 5.63. The summed E-state index contributed by atoms with van der Waals surface area (Å²) in [6, 6.07) is 24.6. The van der Waals surface area contributed by atoms with Crippen LogP contribution in [-0.2, 0) is 4.79 Å². The minimum absolute atomic E-state index is 0.171. The van der Waals surface area contributed by atoms with Gasteiger partial charge in [0.05, 0.1) is 0 Å². The number of fused-ring (bicyclic) bond motifs is 2. The lowest BCUT2D eigenvalue weighted by atomic mass is 10.1. The Kier molecular flexibility index (Phi) is 4.46. The zero-order chi connectivity index (χ0) is 17.9. The van der Waals surface area contributed by atoms with Crippen molar-refractivity contribution in [2.45, 2.75) is 0 Å². The number of hydrogen-bond acceptors (Lipinski definition) is 3. The summed E-state index contributed by atoms with van der Waals surface area (Å²) in [5, 5.41) is 4.43. The number of halogens is 1. The van der Waals surface area contributed by atoms with Crippen molar-refractivity contribution in [1.29, 1.82) is 0 Å². The second-order valence-electron chi connectivity index (χ2n) is 5.86. The molecule has 4 aromatic rings. The van der Waals surface area contributed by atoms with E-state index in [1.54, 1.807) is 12.1 Å². The third-order valence-electron chi connectivity index (χ3n) is 4.13. The van der Waals surface area contributed by atoms with E-state index in [0.29, 0.717) is 16.5 Å². The van der Waals surface area contributed by atoms with Gasteiger partial charge >= 0.3 is 5.97 Å². The fourth-order valence-corrected chi connectivity index (χ4v) is 3.10. The van der Waals surface area contributed by atoms with E-state index in [1.807, 2.05) is 66.7 Å². The molecule has 0 aliphatic heterocycles. The third kappa shape index (κ3) is 3.35. The normalized spacial score (nSPS) is 10.8. The average molecular weight is 363 g/mol. The van der Waals surface area contributed by atoms with E-state index < -0.39 is 5.97 Å². The Labute approximate surface area is 155 Å². The van der Waals surface area contributed by atoms with Crippen molar-refractivity contribution in [3.05, 3.63) is 83.9 Å². The van der Waals surface area contributed by atoms with Crippen molar-refractivity contribution in [1.82, 2.24) is 0 Å². The monoisotopic (exact) mass is 362 g/mol. The highest BCUT2D eigenvalue weighted by Crippen LogP contribution is 2.31. The van der Waals surface area contributed by atoms with Gasteiger partial charge in [-0.2, -0.15) is 0 Å². The van der Waals surface area contributed by atoms with Gasteiger partial charge in [0, 0.05) is 15.8 Å². The molecule has 4 aromatic carbocycles. The van der Waals surface area contributed by atoms with Gasteiger partial charge in [0.1, 0.15) is 11.5 Å². The van der Waals surface area contributed by atoms with Gasteiger partial charge in [0.25, 0.3) is 0 Å². The number of ether oxygens (including phenoxy) is 2. The van der Waals surface area contributed by atoms with E-state index >= 15 is 0 Å². The number of esters is 1. The zero-order valence-corrected chi connectivity index (χ0v) is 14.6. The van der Waals surface area contributed by atoms with Crippen LogP contribution in [0.15, 0.2) is 78.9 Å². The molecule has 4 heteroatoms. The topological polar surface area (TPSA) is 35.5 Å². The fraction of sp³-hybridized carbons (Fsp3) is 0.0455. The van der Waals surface area contributed by atoms with Crippen LogP contribution in [0.25, 0.3) is 21.5 Å². The van der Waals surface area contributed by atoms with Crippen LogP contribution >= 0.6 is 11.6 Å². The Morgan fingerprint density at radius 1 is 0.808 bits per heavy atom. The van der Waals surface area contributed by atoms with E-state index in [4.69, 9.17) is 21.1 Å². The molecule has 0 bridgehead atoms. The van der Waals surface area contributed by atoms with Gasteiger partial charge in [0.2, 0.25) is 0 Å². The van der Waals surface area contributed by atoms with Crippen molar-refractivity contribution < 1.29 is 14.3 Å².